The number of hydrogen-bond donors (Lipinski definition) is 1. The Morgan fingerprint density at radius 1 is 1.28 bits per heavy atom. The molecule has 2 aromatic rings. The largest absolute Gasteiger partial charge is 0.437 e. The van der Waals surface area contributed by atoms with E-state index in [0.29, 0.717) is 18.2 Å². The molecule has 94 valence electrons. The van der Waals surface area contributed by atoms with E-state index in [9.17, 15) is 0 Å². The zero-order valence-corrected chi connectivity index (χ0v) is 10.9. The van der Waals surface area contributed by atoms with Gasteiger partial charge in [0.15, 0.2) is 5.75 Å². The maximum absolute atomic E-state index is 5.84. The maximum Gasteiger partial charge on any atom is 0.224 e. The zero-order chi connectivity index (χ0) is 13.1. The second-order valence-electron chi connectivity index (χ2n) is 4.26. The SMILES string of the molecule is Cc1cc(C)c(CN)c(Oc2cccnc2C)n1. The number of nitrogens with two attached hydrogens (primary N) is 1. The van der Waals surface area contributed by atoms with Crippen LogP contribution in [-0.4, -0.2) is 9.97 Å². The summed E-state index contributed by atoms with van der Waals surface area (Å²) in [5, 5.41) is 0. The lowest BCUT2D eigenvalue weighted by Crippen LogP contribution is -2.05. The molecule has 4 heteroatoms. The van der Waals surface area contributed by atoms with Gasteiger partial charge in [0.2, 0.25) is 5.88 Å². The van der Waals surface area contributed by atoms with Gasteiger partial charge >= 0.3 is 0 Å². The summed E-state index contributed by atoms with van der Waals surface area (Å²) >= 11 is 0. The number of aryl methyl sites for hydroxylation is 3. The first-order valence-electron chi connectivity index (χ1n) is 5.88. The Labute approximate surface area is 107 Å². The van der Waals surface area contributed by atoms with E-state index in [1.54, 1.807) is 6.20 Å². The van der Waals surface area contributed by atoms with Crippen molar-refractivity contribution in [3.63, 3.8) is 0 Å². The molecule has 0 radical (unpaired) electrons. The van der Waals surface area contributed by atoms with Crippen molar-refractivity contribution in [2.45, 2.75) is 27.3 Å². The van der Waals surface area contributed by atoms with Gasteiger partial charge in [-0.2, -0.15) is 0 Å². The minimum atomic E-state index is 0.410. The van der Waals surface area contributed by atoms with E-state index in [2.05, 4.69) is 9.97 Å². The highest BCUT2D eigenvalue weighted by Gasteiger charge is 2.11. The molecule has 0 spiro atoms. The van der Waals surface area contributed by atoms with E-state index in [-0.39, 0.29) is 0 Å². The Hall–Kier alpha value is -1.94. The fourth-order valence-electron chi connectivity index (χ4n) is 1.84. The van der Waals surface area contributed by atoms with E-state index in [1.165, 1.54) is 0 Å². The summed E-state index contributed by atoms with van der Waals surface area (Å²) in [6, 6.07) is 5.72. The van der Waals surface area contributed by atoms with Crippen molar-refractivity contribution in [2.24, 2.45) is 5.73 Å². The van der Waals surface area contributed by atoms with Crippen LogP contribution in [0.4, 0.5) is 0 Å². The van der Waals surface area contributed by atoms with E-state index in [4.69, 9.17) is 10.5 Å². The van der Waals surface area contributed by atoms with Gasteiger partial charge in [-0.1, -0.05) is 0 Å². The van der Waals surface area contributed by atoms with Gasteiger partial charge in [-0.15, -0.1) is 0 Å². The van der Waals surface area contributed by atoms with Gasteiger partial charge in [-0.25, -0.2) is 4.98 Å². The number of aromatic nitrogens is 2. The van der Waals surface area contributed by atoms with Crippen LogP contribution in [0.2, 0.25) is 0 Å². The normalized spacial score (nSPS) is 10.4. The molecule has 18 heavy (non-hydrogen) atoms. The van der Waals surface area contributed by atoms with E-state index in [0.717, 1.165) is 22.5 Å². The van der Waals surface area contributed by atoms with Crippen molar-refractivity contribution < 1.29 is 4.74 Å². The lowest BCUT2D eigenvalue weighted by Gasteiger charge is -2.13. The Bertz CT molecular complexity index is 567. The summed E-state index contributed by atoms with van der Waals surface area (Å²) in [4.78, 5) is 8.60. The van der Waals surface area contributed by atoms with Crippen molar-refractivity contribution in [3.05, 3.63) is 46.9 Å². The third kappa shape index (κ3) is 2.49. The molecular formula is C14H17N3O. The Morgan fingerprint density at radius 3 is 2.72 bits per heavy atom. The number of pyridine rings is 2. The van der Waals surface area contributed by atoms with Crippen molar-refractivity contribution in [3.8, 4) is 11.6 Å². The lowest BCUT2D eigenvalue weighted by molar-refractivity contribution is 0.448. The number of hydrogen-bond acceptors (Lipinski definition) is 4. The first kappa shape index (κ1) is 12.5. The highest BCUT2D eigenvalue weighted by atomic mass is 16.5. The summed E-state index contributed by atoms with van der Waals surface area (Å²) in [6.45, 7) is 6.27. The minimum Gasteiger partial charge on any atom is -0.437 e. The molecule has 2 aromatic heterocycles. The molecular weight excluding hydrogens is 226 g/mol. The summed E-state index contributed by atoms with van der Waals surface area (Å²) < 4.78 is 5.84. The van der Waals surface area contributed by atoms with Crippen LogP contribution in [0.15, 0.2) is 24.4 Å². The van der Waals surface area contributed by atoms with Gasteiger partial charge in [0.25, 0.3) is 0 Å². The second kappa shape index (κ2) is 5.14. The molecule has 0 aliphatic rings. The third-order valence-corrected chi connectivity index (χ3v) is 2.81. The fourth-order valence-corrected chi connectivity index (χ4v) is 1.84. The first-order chi connectivity index (χ1) is 8.61. The smallest absolute Gasteiger partial charge is 0.224 e. The van der Waals surface area contributed by atoms with Crippen LogP contribution < -0.4 is 10.5 Å². The van der Waals surface area contributed by atoms with Crippen molar-refractivity contribution in [1.82, 2.24) is 9.97 Å². The van der Waals surface area contributed by atoms with Crippen LogP contribution in [0.3, 0.4) is 0 Å². The molecule has 2 N–H and O–H groups in total. The summed E-state index contributed by atoms with van der Waals surface area (Å²) in [5.74, 6) is 1.29. The summed E-state index contributed by atoms with van der Waals surface area (Å²) in [6.07, 6.45) is 1.74. The van der Waals surface area contributed by atoms with Crippen LogP contribution in [0.5, 0.6) is 11.6 Å². The van der Waals surface area contributed by atoms with E-state index >= 15 is 0 Å². The average Bonchev–Trinajstić information content (AvgIpc) is 2.31. The molecule has 0 bridgehead atoms. The van der Waals surface area contributed by atoms with Crippen LogP contribution in [0.25, 0.3) is 0 Å². The number of rotatable bonds is 3. The van der Waals surface area contributed by atoms with E-state index in [1.807, 2.05) is 39.0 Å². The second-order valence-corrected chi connectivity index (χ2v) is 4.26. The maximum atomic E-state index is 5.84. The van der Waals surface area contributed by atoms with Crippen molar-refractivity contribution >= 4 is 0 Å². The Balaban J connectivity index is 2.43. The highest BCUT2D eigenvalue weighted by molar-refractivity contribution is 5.39. The fraction of sp³-hybridized carbons (Fsp3) is 0.286. The molecule has 0 aromatic carbocycles. The van der Waals surface area contributed by atoms with Gasteiger partial charge < -0.3 is 10.5 Å². The third-order valence-electron chi connectivity index (χ3n) is 2.81. The van der Waals surface area contributed by atoms with Crippen molar-refractivity contribution in [1.29, 1.82) is 0 Å². The molecule has 0 atom stereocenters. The predicted octanol–water partition coefficient (Wildman–Crippen LogP) is 2.65. The Morgan fingerprint density at radius 2 is 2.06 bits per heavy atom. The van der Waals surface area contributed by atoms with Crippen molar-refractivity contribution in [2.75, 3.05) is 0 Å². The Kier molecular flexibility index (Phi) is 3.58. The van der Waals surface area contributed by atoms with Crippen LogP contribution >= 0.6 is 0 Å². The predicted molar refractivity (Wildman–Crippen MR) is 70.7 cm³/mol. The van der Waals surface area contributed by atoms with Gasteiger partial charge in [-0.05, 0) is 44.5 Å². The van der Waals surface area contributed by atoms with Gasteiger partial charge in [0.05, 0.1) is 5.69 Å². The molecule has 0 saturated heterocycles. The molecule has 0 fully saturated rings. The molecule has 0 aliphatic carbocycles. The van der Waals surface area contributed by atoms with E-state index < -0.39 is 0 Å². The molecule has 0 saturated carbocycles. The topological polar surface area (TPSA) is 61.0 Å². The van der Waals surface area contributed by atoms with Gasteiger partial charge in [-0.3, -0.25) is 4.98 Å². The monoisotopic (exact) mass is 243 g/mol. The average molecular weight is 243 g/mol. The molecule has 0 aliphatic heterocycles. The van der Waals surface area contributed by atoms with Crippen LogP contribution in [-0.2, 0) is 6.54 Å². The molecule has 2 heterocycles. The molecule has 0 unspecified atom stereocenters. The van der Waals surface area contributed by atoms with Gasteiger partial charge in [0, 0.05) is 24.0 Å². The number of nitrogens with zero attached hydrogens (tertiary/aromatic N) is 2. The molecule has 2 rings (SSSR count). The number of ether oxygens (including phenoxy) is 1. The molecule has 4 nitrogen and oxygen atoms in total. The minimum absolute atomic E-state index is 0.410. The van der Waals surface area contributed by atoms with Gasteiger partial charge in [0.1, 0.15) is 0 Å². The molecule has 0 amide bonds. The highest BCUT2D eigenvalue weighted by Crippen LogP contribution is 2.27. The standard InChI is InChI=1S/C14H17N3O/c1-9-7-10(2)17-14(12(9)8-15)18-13-5-4-6-16-11(13)3/h4-7H,8,15H2,1-3H3. The van der Waals surface area contributed by atoms with Crippen LogP contribution in [0, 0.1) is 20.8 Å². The lowest BCUT2D eigenvalue weighted by atomic mass is 10.1. The zero-order valence-electron chi connectivity index (χ0n) is 10.9. The first-order valence-corrected chi connectivity index (χ1v) is 5.88. The summed E-state index contributed by atoms with van der Waals surface area (Å²) in [7, 11) is 0. The summed E-state index contributed by atoms with van der Waals surface area (Å²) in [5.41, 5.74) is 9.54. The van der Waals surface area contributed by atoms with Crippen LogP contribution in [0.1, 0.15) is 22.5 Å². The quantitative estimate of drug-likeness (QED) is 0.900.